The van der Waals surface area contributed by atoms with Gasteiger partial charge in [-0.15, -0.1) is 0 Å². The maximum absolute atomic E-state index is 5.53. The minimum atomic E-state index is 0.316. The fraction of sp³-hybridized carbons (Fsp3) is 0.429. The number of hydrogen-bond acceptors (Lipinski definition) is 4. The lowest BCUT2D eigenvalue weighted by atomic mass is 10.2. The number of hydrogen-bond donors (Lipinski definition) is 1. The van der Waals surface area contributed by atoms with Crippen molar-refractivity contribution in [2.24, 2.45) is 12.8 Å². The highest BCUT2D eigenvalue weighted by atomic mass is 16.5. The molecule has 0 saturated heterocycles. The molecule has 0 atom stereocenters. The summed E-state index contributed by atoms with van der Waals surface area (Å²) in [5.41, 5.74) is 6.43. The van der Waals surface area contributed by atoms with Crippen LogP contribution in [0.25, 0.3) is 11.4 Å². The molecule has 0 fully saturated rings. The fourth-order valence-electron chi connectivity index (χ4n) is 1.80. The van der Waals surface area contributed by atoms with Crippen LogP contribution < -0.4 is 10.5 Å². The summed E-state index contributed by atoms with van der Waals surface area (Å²) < 4.78 is 7.33. The highest BCUT2D eigenvalue weighted by molar-refractivity contribution is 5.57. The van der Waals surface area contributed by atoms with Crippen LogP contribution in [-0.4, -0.2) is 27.9 Å². The molecule has 0 unspecified atom stereocenters. The van der Waals surface area contributed by atoms with Crippen LogP contribution in [0.3, 0.4) is 0 Å². The van der Waals surface area contributed by atoms with Crippen LogP contribution in [0.15, 0.2) is 24.3 Å². The molecule has 0 aliphatic heterocycles. The third-order valence-corrected chi connectivity index (χ3v) is 2.77. The molecule has 102 valence electrons. The third-order valence-electron chi connectivity index (χ3n) is 2.77. The van der Waals surface area contributed by atoms with Crippen molar-refractivity contribution in [2.75, 3.05) is 13.2 Å². The van der Waals surface area contributed by atoms with Crippen molar-refractivity contribution >= 4 is 0 Å². The summed E-state index contributed by atoms with van der Waals surface area (Å²) in [4.78, 5) is 4.57. The molecule has 0 aliphatic carbocycles. The molecule has 1 aromatic carbocycles. The van der Waals surface area contributed by atoms with Crippen molar-refractivity contribution in [3.8, 4) is 17.1 Å². The van der Waals surface area contributed by atoms with Crippen LogP contribution in [0.5, 0.6) is 5.75 Å². The predicted molar refractivity (Wildman–Crippen MR) is 75.1 cm³/mol. The van der Waals surface area contributed by atoms with Crippen LogP contribution in [-0.2, 0) is 7.05 Å². The zero-order chi connectivity index (χ0) is 13.8. The van der Waals surface area contributed by atoms with E-state index < -0.39 is 0 Å². The molecular formula is C14H20N4O. The van der Waals surface area contributed by atoms with Gasteiger partial charge in [0, 0.05) is 25.1 Å². The lowest BCUT2D eigenvalue weighted by Gasteiger charge is -2.06. The van der Waals surface area contributed by atoms with Crippen molar-refractivity contribution < 1.29 is 4.74 Å². The first kappa shape index (κ1) is 13.5. The Morgan fingerprint density at radius 3 is 2.79 bits per heavy atom. The molecule has 2 rings (SSSR count). The molecule has 0 aliphatic rings. The summed E-state index contributed by atoms with van der Waals surface area (Å²) in [7, 11) is 1.90. The van der Waals surface area contributed by atoms with Gasteiger partial charge in [-0.05, 0) is 12.1 Å². The van der Waals surface area contributed by atoms with Crippen LogP contribution >= 0.6 is 0 Å². The molecule has 0 radical (unpaired) electrons. The highest BCUT2D eigenvalue weighted by Gasteiger charge is 2.12. The van der Waals surface area contributed by atoms with E-state index in [-0.39, 0.29) is 0 Å². The monoisotopic (exact) mass is 260 g/mol. The first-order valence-electron chi connectivity index (χ1n) is 6.46. The zero-order valence-corrected chi connectivity index (χ0v) is 11.6. The lowest BCUT2D eigenvalue weighted by molar-refractivity contribution is 0.328. The maximum atomic E-state index is 5.53. The standard InChI is InChI=1S/C14H20N4O/c1-10(2)13-16-14(18(3)17-13)11-5-4-6-12(9-11)19-8-7-15/h4-6,9-10H,7-8,15H2,1-3H3. The second-order valence-electron chi connectivity index (χ2n) is 4.74. The summed E-state index contributed by atoms with van der Waals surface area (Å²) in [5.74, 6) is 2.82. The minimum absolute atomic E-state index is 0.316. The number of aryl methyl sites for hydroxylation is 1. The van der Waals surface area contributed by atoms with Crippen LogP contribution in [0.1, 0.15) is 25.6 Å². The highest BCUT2D eigenvalue weighted by Crippen LogP contribution is 2.23. The third kappa shape index (κ3) is 3.12. The van der Waals surface area contributed by atoms with Gasteiger partial charge in [0.15, 0.2) is 11.6 Å². The number of benzene rings is 1. The van der Waals surface area contributed by atoms with E-state index in [1.807, 2.05) is 31.3 Å². The van der Waals surface area contributed by atoms with Crippen molar-refractivity contribution in [3.63, 3.8) is 0 Å². The topological polar surface area (TPSA) is 66.0 Å². The van der Waals surface area contributed by atoms with Gasteiger partial charge in [-0.2, -0.15) is 5.10 Å². The van der Waals surface area contributed by atoms with Crippen molar-refractivity contribution in [2.45, 2.75) is 19.8 Å². The lowest BCUT2D eigenvalue weighted by Crippen LogP contribution is -2.10. The Balaban J connectivity index is 2.30. The Morgan fingerprint density at radius 2 is 2.16 bits per heavy atom. The first-order valence-corrected chi connectivity index (χ1v) is 6.46. The fourth-order valence-corrected chi connectivity index (χ4v) is 1.80. The molecule has 0 spiro atoms. The Labute approximate surface area is 113 Å². The molecule has 5 heteroatoms. The summed E-state index contributed by atoms with van der Waals surface area (Å²) in [6.07, 6.45) is 0. The summed E-state index contributed by atoms with van der Waals surface area (Å²) in [6.45, 7) is 5.19. The first-order chi connectivity index (χ1) is 9.11. The van der Waals surface area contributed by atoms with Crippen LogP contribution in [0.2, 0.25) is 0 Å². The Kier molecular flexibility index (Phi) is 4.16. The number of rotatable bonds is 5. The van der Waals surface area contributed by atoms with E-state index in [4.69, 9.17) is 10.5 Å². The van der Waals surface area contributed by atoms with Gasteiger partial charge in [-0.1, -0.05) is 26.0 Å². The SMILES string of the molecule is CC(C)c1nc(-c2cccc(OCCN)c2)n(C)n1. The van der Waals surface area contributed by atoms with E-state index in [2.05, 4.69) is 23.9 Å². The molecule has 2 aromatic rings. The number of ether oxygens (including phenoxy) is 1. The number of aromatic nitrogens is 3. The van der Waals surface area contributed by atoms with Crippen LogP contribution in [0, 0.1) is 0 Å². The smallest absolute Gasteiger partial charge is 0.158 e. The predicted octanol–water partition coefficient (Wildman–Crippen LogP) is 1.94. The zero-order valence-electron chi connectivity index (χ0n) is 11.6. The molecule has 1 heterocycles. The molecule has 0 amide bonds. The maximum Gasteiger partial charge on any atom is 0.158 e. The molecule has 19 heavy (non-hydrogen) atoms. The van der Waals surface area contributed by atoms with Crippen molar-refractivity contribution in [1.29, 1.82) is 0 Å². The van der Waals surface area contributed by atoms with E-state index in [1.54, 1.807) is 4.68 Å². The van der Waals surface area contributed by atoms with Gasteiger partial charge < -0.3 is 10.5 Å². The number of nitrogens with two attached hydrogens (primary N) is 1. The molecule has 5 nitrogen and oxygen atoms in total. The van der Waals surface area contributed by atoms with Gasteiger partial charge in [0.1, 0.15) is 12.4 Å². The average Bonchev–Trinajstić information content (AvgIpc) is 2.79. The molecule has 1 aromatic heterocycles. The number of nitrogens with zero attached hydrogens (tertiary/aromatic N) is 3. The van der Waals surface area contributed by atoms with E-state index in [9.17, 15) is 0 Å². The summed E-state index contributed by atoms with van der Waals surface area (Å²) in [5, 5.41) is 4.42. The molecule has 0 bridgehead atoms. The quantitative estimate of drug-likeness (QED) is 0.892. The van der Waals surface area contributed by atoms with E-state index in [0.717, 1.165) is 23.0 Å². The van der Waals surface area contributed by atoms with Gasteiger partial charge in [-0.25, -0.2) is 9.67 Å². The van der Waals surface area contributed by atoms with Crippen molar-refractivity contribution in [3.05, 3.63) is 30.1 Å². The Bertz CT molecular complexity index is 548. The van der Waals surface area contributed by atoms with Gasteiger partial charge in [0.05, 0.1) is 0 Å². The normalized spacial score (nSPS) is 11.0. The summed E-state index contributed by atoms with van der Waals surface area (Å²) >= 11 is 0. The van der Waals surface area contributed by atoms with Gasteiger partial charge in [0.2, 0.25) is 0 Å². The van der Waals surface area contributed by atoms with Crippen LogP contribution in [0.4, 0.5) is 0 Å². The second kappa shape index (κ2) is 5.84. The van der Waals surface area contributed by atoms with E-state index in [0.29, 0.717) is 19.1 Å². The largest absolute Gasteiger partial charge is 0.492 e. The van der Waals surface area contributed by atoms with Gasteiger partial charge in [0.25, 0.3) is 0 Å². The van der Waals surface area contributed by atoms with Gasteiger partial charge >= 0.3 is 0 Å². The average molecular weight is 260 g/mol. The minimum Gasteiger partial charge on any atom is -0.492 e. The van der Waals surface area contributed by atoms with Crippen molar-refractivity contribution in [1.82, 2.24) is 14.8 Å². The van der Waals surface area contributed by atoms with E-state index in [1.165, 1.54) is 0 Å². The Morgan fingerprint density at radius 1 is 1.37 bits per heavy atom. The second-order valence-corrected chi connectivity index (χ2v) is 4.74. The Hall–Kier alpha value is -1.88. The summed E-state index contributed by atoms with van der Waals surface area (Å²) in [6, 6.07) is 7.83. The van der Waals surface area contributed by atoms with Gasteiger partial charge in [-0.3, -0.25) is 0 Å². The molecular weight excluding hydrogens is 240 g/mol. The molecule has 0 saturated carbocycles. The van der Waals surface area contributed by atoms with E-state index >= 15 is 0 Å². The molecule has 2 N–H and O–H groups in total.